The molecule has 20 heavy (non-hydrogen) atoms. The van der Waals surface area contributed by atoms with Crippen LogP contribution >= 0.6 is 0 Å². The molecule has 0 aliphatic carbocycles. The fraction of sp³-hybridized carbons (Fsp3) is 1.00. The molecule has 1 aliphatic rings. The number of rotatable bonds is 5. The molecule has 0 aromatic heterocycles. The van der Waals surface area contributed by atoms with Gasteiger partial charge in [-0.2, -0.15) is 26.3 Å². The first-order valence-electron chi connectivity index (χ1n) is 6.27. The monoisotopic (exact) mass is 308 g/mol. The van der Waals surface area contributed by atoms with Gasteiger partial charge in [-0.15, -0.1) is 0 Å². The third-order valence-corrected chi connectivity index (χ3v) is 3.10. The van der Waals surface area contributed by atoms with Gasteiger partial charge in [0.25, 0.3) is 0 Å². The van der Waals surface area contributed by atoms with Gasteiger partial charge in [0.1, 0.15) is 0 Å². The maximum atomic E-state index is 12.3. The summed E-state index contributed by atoms with van der Waals surface area (Å²) in [4.78, 5) is 1.94. The van der Waals surface area contributed by atoms with E-state index in [-0.39, 0.29) is 0 Å². The predicted molar refractivity (Wildman–Crippen MR) is 60.3 cm³/mol. The Kier molecular flexibility index (Phi) is 6.08. The van der Waals surface area contributed by atoms with Gasteiger partial charge in [0.15, 0.2) is 5.92 Å². The van der Waals surface area contributed by atoms with E-state index in [9.17, 15) is 26.3 Å². The van der Waals surface area contributed by atoms with Gasteiger partial charge in [0.2, 0.25) is 0 Å². The fourth-order valence-corrected chi connectivity index (χ4v) is 1.97. The largest absolute Gasteiger partial charge is 0.401 e. The third kappa shape index (κ3) is 5.84. The van der Waals surface area contributed by atoms with Crippen LogP contribution in [-0.4, -0.2) is 62.7 Å². The van der Waals surface area contributed by atoms with Gasteiger partial charge in [-0.05, 0) is 6.92 Å². The lowest BCUT2D eigenvalue weighted by atomic mass is 10.1. The van der Waals surface area contributed by atoms with Crippen molar-refractivity contribution in [2.45, 2.75) is 25.3 Å². The standard InChI is InChI=1S/C11H18F6N2O/c1-8(7-19-2-4-20-5-3-19)18-6-9(10(12,13)14)11(15,16)17/h8-9,18H,2-7H2,1H3. The first-order chi connectivity index (χ1) is 9.10. The lowest BCUT2D eigenvalue weighted by molar-refractivity contribution is -0.282. The maximum absolute atomic E-state index is 12.3. The Labute approximate surface area is 113 Å². The molecule has 1 atom stereocenters. The zero-order chi connectivity index (χ0) is 15.4. The molecule has 0 saturated carbocycles. The summed E-state index contributed by atoms with van der Waals surface area (Å²) < 4.78 is 79.1. The average Bonchev–Trinajstić information content (AvgIpc) is 2.26. The summed E-state index contributed by atoms with van der Waals surface area (Å²) in [6.45, 7) is 3.13. The molecule has 9 heteroatoms. The molecule has 120 valence electrons. The van der Waals surface area contributed by atoms with Crippen LogP contribution in [0.25, 0.3) is 0 Å². The van der Waals surface area contributed by atoms with Crippen LogP contribution in [0.2, 0.25) is 0 Å². The number of hydrogen-bond acceptors (Lipinski definition) is 3. The number of nitrogens with zero attached hydrogens (tertiary/aromatic N) is 1. The quantitative estimate of drug-likeness (QED) is 0.787. The van der Waals surface area contributed by atoms with Crippen molar-refractivity contribution in [2.24, 2.45) is 5.92 Å². The van der Waals surface area contributed by atoms with Gasteiger partial charge >= 0.3 is 12.4 Å². The molecule has 1 heterocycles. The topological polar surface area (TPSA) is 24.5 Å². The van der Waals surface area contributed by atoms with Gasteiger partial charge in [-0.25, -0.2) is 0 Å². The zero-order valence-corrected chi connectivity index (χ0v) is 11.0. The van der Waals surface area contributed by atoms with Crippen LogP contribution in [0.3, 0.4) is 0 Å². The molecule has 1 fully saturated rings. The number of nitrogens with one attached hydrogen (secondary N) is 1. The summed E-state index contributed by atoms with van der Waals surface area (Å²) in [6.07, 6.45) is -10.6. The van der Waals surface area contributed by atoms with Gasteiger partial charge in [0.05, 0.1) is 13.2 Å². The summed E-state index contributed by atoms with van der Waals surface area (Å²) in [5.41, 5.74) is 0. The molecule has 1 unspecified atom stereocenters. The van der Waals surface area contributed by atoms with E-state index in [1.54, 1.807) is 6.92 Å². The molecule has 0 bridgehead atoms. The first kappa shape index (κ1) is 17.5. The van der Waals surface area contributed by atoms with Crippen molar-refractivity contribution in [2.75, 3.05) is 39.4 Å². The average molecular weight is 308 g/mol. The zero-order valence-electron chi connectivity index (χ0n) is 11.0. The smallest absolute Gasteiger partial charge is 0.379 e. The number of alkyl halides is 6. The highest BCUT2D eigenvalue weighted by Crippen LogP contribution is 2.38. The molecule has 1 saturated heterocycles. The van der Waals surface area contributed by atoms with Crippen molar-refractivity contribution in [3.8, 4) is 0 Å². The minimum Gasteiger partial charge on any atom is -0.379 e. The summed E-state index contributed by atoms with van der Waals surface area (Å²) in [7, 11) is 0. The summed E-state index contributed by atoms with van der Waals surface area (Å²) in [5, 5.41) is 2.32. The second kappa shape index (κ2) is 6.95. The van der Waals surface area contributed by atoms with Crippen LogP contribution in [0.15, 0.2) is 0 Å². The van der Waals surface area contributed by atoms with Crippen molar-refractivity contribution >= 4 is 0 Å². The predicted octanol–water partition coefficient (Wildman–Crippen LogP) is 2.04. The van der Waals surface area contributed by atoms with E-state index in [4.69, 9.17) is 4.74 Å². The Morgan fingerprint density at radius 2 is 1.55 bits per heavy atom. The normalized spacial score (nSPS) is 20.4. The molecule has 1 N–H and O–H groups in total. The Morgan fingerprint density at radius 1 is 1.05 bits per heavy atom. The van der Waals surface area contributed by atoms with Crippen LogP contribution in [0.5, 0.6) is 0 Å². The molecule has 3 nitrogen and oxygen atoms in total. The Morgan fingerprint density at radius 3 is 2.00 bits per heavy atom. The number of hydrogen-bond donors (Lipinski definition) is 1. The Balaban J connectivity index is 2.42. The van der Waals surface area contributed by atoms with Crippen LogP contribution < -0.4 is 5.32 Å². The van der Waals surface area contributed by atoms with Gasteiger partial charge in [0, 0.05) is 32.2 Å². The van der Waals surface area contributed by atoms with E-state index in [0.29, 0.717) is 32.8 Å². The van der Waals surface area contributed by atoms with Crippen LogP contribution in [0.4, 0.5) is 26.3 Å². The minimum atomic E-state index is -5.29. The third-order valence-electron chi connectivity index (χ3n) is 3.10. The SMILES string of the molecule is CC(CN1CCOCC1)NCC(C(F)(F)F)C(F)(F)F. The summed E-state index contributed by atoms with van der Waals surface area (Å²) in [5.74, 6) is -3.33. The second-order valence-electron chi connectivity index (χ2n) is 4.86. The first-order valence-corrected chi connectivity index (χ1v) is 6.27. The molecular formula is C11H18F6N2O. The number of halogens is 6. The molecule has 1 aliphatic heterocycles. The van der Waals surface area contributed by atoms with Crippen molar-refractivity contribution in [1.29, 1.82) is 0 Å². The van der Waals surface area contributed by atoms with Gasteiger partial charge in [-0.3, -0.25) is 4.90 Å². The van der Waals surface area contributed by atoms with E-state index in [0.717, 1.165) is 0 Å². The molecule has 0 radical (unpaired) electrons. The van der Waals surface area contributed by atoms with E-state index in [1.807, 2.05) is 4.90 Å². The summed E-state index contributed by atoms with van der Waals surface area (Å²) >= 11 is 0. The van der Waals surface area contributed by atoms with Gasteiger partial charge in [-0.1, -0.05) is 0 Å². The molecular weight excluding hydrogens is 290 g/mol. The Hall–Kier alpha value is -0.540. The lowest BCUT2D eigenvalue weighted by Gasteiger charge is -2.30. The van der Waals surface area contributed by atoms with Gasteiger partial charge < -0.3 is 10.1 Å². The van der Waals surface area contributed by atoms with Crippen molar-refractivity contribution < 1.29 is 31.1 Å². The fourth-order valence-electron chi connectivity index (χ4n) is 1.97. The molecule has 0 amide bonds. The van der Waals surface area contributed by atoms with Crippen molar-refractivity contribution in [1.82, 2.24) is 10.2 Å². The highest BCUT2D eigenvalue weighted by molar-refractivity contribution is 4.80. The minimum absolute atomic E-state index is 0.395. The molecule has 1 rings (SSSR count). The lowest BCUT2D eigenvalue weighted by Crippen LogP contribution is -2.49. The van der Waals surface area contributed by atoms with Crippen molar-refractivity contribution in [3.63, 3.8) is 0 Å². The van der Waals surface area contributed by atoms with Crippen LogP contribution in [0, 0.1) is 5.92 Å². The second-order valence-corrected chi connectivity index (χ2v) is 4.86. The maximum Gasteiger partial charge on any atom is 0.401 e. The summed E-state index contributed by atoms with van der Waals surface area (Å²) in [6, 6.07) is -0.458. The molecule has 0 aromatic rings. The number of morpholine rings is 1. The highest BCUT2D eigenvalue weighted by atomic mass is 19.4. The van der Waals surface area contributed by atoms with Crippen LogP contribution in [-0.2, 0) is 4.74 Å². The Bertz CT molecular complexity index is 274. The van der Waals surface area contributed by atoms with E-state index < -0.39 is 30.9 Å². The number of ether oxygens (including phenoxy) is 1. The molecule has 0 spiro atoms. The van der Waals surface area contributed by atoms with E-state index in [2.05, 4.69) is 5.32 Å². The van der Waals surface area contributed by atoms with Crippen molar-refractivity contribution in [3.05, 3.63) is 0 Å². The van der Waals surface area contributed by atoms with Crippen LogP contribution in [0.1, 0.15) is 6.92 Å². The highest BCUT2D eigenvalue weighted by Gasteiger charge is 2.56. The van der Waals surface area contributed by atoms with E-state index in [1.165, 1.54) is 0 Å². The molecule has 0 aromatic carbocycles. The van der Waals surface area contributed by atoms with E-state index >= 15 is 0 Å².